The molecule has 0 heterocycles. The zero-order valence-electron chi connectivity index (χ0n) is 6.10. The lowest BCUT2D eigenvalue weighted by Gasteiger charge is -2.03. The van der Waals surface area contributed by atoms with Crippen LogP contribution in [0.4, 0.5) is 5.69 Å². The quantitative estimate of drug-likeness (QED) is 0.517. The summed E-state index contributed by atoms with van der Waals surface area (Å²) in [7, 11) is 0. The third-order valence-electron chi connectivity index (χ3n) is 1.57. The van der Waals surface area contributed by atoms with E-state index >= 15 is 0 Å². The molecule has 1 rings (SSSR count). The normalized spacial score (nSPS) is 9.64. The first-order valence-electron chi connectivity index (χ1n) is 3.16. The third kappa shape index (κ3) is 1.35. The van der Waals surface area contributed by atoms with Crippen LogP contribution in [0.15, 0.2) is 12.1 Å². The van der Waals surface area contributed by atoms with Crippen LogP contribution in [0.1, 0.15) is 15.9 Å². The highest BCUT2D eigenvalue weighted by Gasteiger charge is 2.04. The van der Waals surface area contributed by atoms with Crippen molar-refractivity contribution < 1.29 is 4.79 Å². The van der Waals surface area contributed by atoms with Crippen LogP contribution in [0.5, 0.6) is 0 Å². The second-order valence-electron chi connectivity index (χ2n) is 2.31. The molecule has 58 valence electrons. The number of hydrogen-bond donors (Lipinski definition) is 1. The average Bonchev–Trinajstić information content (AvgIpc) is 1.99. The summed E-state index contributed by atoms with van der Waals surface area (Å²) in [5.74, 6) is 0. The number of nitrogen functional groups attached to an aromatic ring is 1. The highest BCUT2D eigenvalue weighted by atomic mass is 35.5. The van der Waals surface area contributed by atoms with Crippen molar-refractivity contribution >= 4 is 23.6 Å². The zero-order chi connectivity index (χ0) is 8.43. The van der Waals surface area contributed by atoms with E-state index in [0.717, 1.165) is 5.56 Å². The summed E-state index contributed by atoms with van der Waals surface area (Å²) in [5, 5.41) is 0.406. The molecule has 0 amide bonds. The number of benzene rings is 1. The van der Waals surface area contributed by atoms with Gasteiger partial charge in [-0.1, -0.05) is 17.7 Å². The summed E-state index contributed by atoms with van der Waals surface area (Å²) >= 11 is 5.69. The minimum atomic E-state index is 0.381. The van der Waals surface area contributed by atoms with E-state index in [4.69, 9.17) is 17.3 Å². The SMILES string of the molecule is Cc1ccc(Cl)c(C=O)c1N. The van der Waals surface area contributed by atoms with Crippen LogP contribution in [0, 0.1) is 6.92 Å². The molecule has 3 heteroatoms. The fourth-order valence-corrected chi connectivity index (χ4v) is 1.05. The molecule has 0 atom stereocenters. The third-order valence-corrected chi connectivity index (χ3v) is 1.90. The number of rotatable bonds is 1. The Morgan fingerprint density at radius 1 is 1.55 bits per heavy atom. The molecule has 2 N–H and O–H groups in total. The lowest BCUT2D eigenvalue weighted by atomic mass is 10.1. The summed E-state index contributed by atoms with van der Waals surface area (Å²) in [6, 6.07) is 3.45. The van der Waals surface area contributed by atoms with Gasteiger partial charge in [-0.05, 0) is 18.6 Å². The lowest BCUT2D eigenvalue weighted by molar-refractivity contribution is 0.112. The summed E-state index contributed by atoms with van der Waals surface area (Å²) in [5.41, 5.74) is 7.30. The Morgan fingerprint density at radius 2 is 2.18 bits per heavy atom. The first-order valence-corrected chi connectivity index (χ1v) is 3.54. The molecule has 0 radical (unpaired) electrons. The largest absolute Gasteiger partial charge is 0.398 e. The molecule has 11 heavy (non-hydrogen) atoms. The molecule has 0 saturated heterocycles. The Labute approximate surface area is 70.0 Å². The van der Waals surface area contributed by atoms with Crippen LogP contribution >= 0.6 is 11.6 Å². The van der Waals surface area contributed by atoms with E-state index in [1.165, 1.54) is 0 Å². The Balaban J connectivity index is 3.40. The minimum absolute atomic E-state index is 0.381. The predicted octanol–water partition coefficient (Wildman–Crippen LogP) is 2.04. The van der Waals surface area contributed by atoms with Crippen LogP contribution in [0.2, 0.25) is 5.02 Å². The standard InChI is InChI=1S/C8H8ClNO/c1-5-2-3-7(9)6(4-11)8(5)10/h2-4H,10H2,1H3. The van der Waals surface area contributed by atoms with Gasteiger partial charge in [-0.3, -0.25) is 4.79 Å². The second-order valence-corrected chi connectivity index (χ2v) is 2.72. The number of carbonyl (C=O) groups excluding carboxylic acids is 1. The van der Waals surface area contributed by atoms with E-state index in [0.29, 0.717) is 22.6 Å². The minimum Gasteiger partial charge on any atom is -0.398 e. The Bertz CT molecular complexity index is 296. The number of nitrogens with two attached hydrogens (primary N) is 1. The number of halogens is 1. The van der Waals surface area contributed by atoms with Crippen molar-refractivity contribution in [3.8, 4) is 0 Å². The smallest absolute Gasteiger partial charge is 0.153 e. The van der Waals surface area contributed by atoms with E-state index in [1.807, 2.05) is 6.92 Å². The molecule has 0 aliphatic heterocycles. The van der Waals surface area contributed by atoms with Crippen LogP contribution in [0.3, 0.4) is 0 Å². The maximum atomic E-state index is 10.4. The van der Waals surface area contributed by atoms with Gasteiger partial charge in [-0.25, -0.2) is 0 Å². The van der Waals surface area contributed by atoms with E-state index < -0.39 is 0 Å². The van der Waals surface area contributed by atoms with Crippen LogP contribution < -0.4 is 5.73 Å². The molecule has 0 aromatic heterocycles. The molecule has 0 saturated carbocycles. The number of aldehydes is 1. The summed E-state index contributed by atoms with van der Waals surface area (Å²) < 4.78 is 0. The maximum Gasteiger partial charge on any atom is 0.153 e. The van der Waals surface area contributed by atoms with Gasteiger partial charge in [0.1, 0.15) is 0 Å². The number of carbonyl (C=O) groups is 1. The van der Waals surface area contributed by atoms with Gasteiger partial charge in [0.25, 0.3) is 0 Å². The average molecular weight is 170 g/mol. The fraction of sp³-hybridized carbons (Fsp3) is 0.125. The number of hydrogen-bond acceptors (Lipinski definition) is 2. The van der Waals surface area contributed by atoms with Crippen molar-refractivity contribution in [1.82, 2.24) is 0 Å². The molecule has 0 unspecified atom stereocenters. The molecule has 2 nitrogen and oxygen atoms in total. The molecular weight excluding hydrogens is 162 g/mol. The second kappa shape index (κ2) is 2.93. The maximum absolute atomic E-state index is 10.4. The first-order chi connectivity index (χ1) is 5.16. The fourth-order valence-electron chi connectivity index (χ4n) is 0.839. The van der Waals surface area contributed by atoms with Gasteiger partial charge in [0, 0.05) is 5.69 Å². The van der Waals surface area contributed by atoms with Crippen LogP contribution in [-0.2, 0) is 0 Å². The van der Waals surface area contributed by atoms with Crippen molar-refractivity contribution in [2.24, 2.45) is 0 Å². The first kappa shape index (κ1) is 8.08. The van der Waals surface area contributed by atoms with E-state index in [2.05, 4.69) is 0 Å². The Morgan fingerprint density at radius 3 is 2.64 bits per heavy atom. The van der Waals surface area contributed by atoms with Gasteiger partial charge in [-0.2, -0.15) is 0 Å². The highest BCUT2D eigenvalue weighted by molar-refractivity contribution is 6.33. The number of anilines is 1. The zero-order valence-corrected chi connectivity index (χ0v) is 6.85. The topological polar surface area (TPSA) is 43.1 Å². The monoisotopic (exact) mass is 169 g/mol. The number of aryl methyl sites for hydroxylation is 1. The molecular formula is C8H8ClNO. The summed E-state index contributed by atoms with van der Waals surface area (Å²) in [6.07, 6.45) is 0.671. The molecule has 0 aliphatic carbocycles. The molecule has 1 aromatic carbocycles. The van der Waals surface area contributed by atoms with Gasteiger partial charge in [-0.15, -0.1) is 0 Å². The Hall–Kier alpha value is -1.02. The van der Waals surface area contributed by atoms with Gasteiger partial charge in [0.2, 0.25) is 0 Å². The van der Waals surface area contributed by atoms with Crippen molar-refractivity contribution in [1.29, 1.82) is 0 Å². The van der Waals surface area contributed by atoms with Gasteiger partial charge in [0.15, 0.2) is 6.29 Å². The van der Waals surface area contributed by atoms with Gasteiger partial charge in [0.05, 0.1) is 10.6 Å². The van der Waals surface area contributed by atoms with Crippen molar-refractivity contribution in [2.45, 2.75) is 6.92 Å². The lowest BCUT2D eigenvalue weighted by Crippen LogP contribution is -1.96. The molecule has 1 aromatic rings. The highest BCUT2D eigenvalue weighted by Crippen LogP contribution is 2.23. The summed E-state index contributed by atoms with van der Waals surface area (Å²) in [4.78, 5) is 10.4. The van der Waals surface area contributed by atoms with E-state index in [-0.39, 0.29) is 0 Å². The predicted molar refractivity (Wildman–Crippen MR) is 46.0 cm³/mol. The van der Waals surface area contributed by atoms with Crippen LogP contribution in [0.25, 0.3) is 0 Å². The molecule has 0 fully saturated rings. The Kier molecular flexibility index (Phi) is 2.15. The van der Waals surface area contributed by atoms with Crippen LogP contribution in [-0.4, -0.2) is 6.29 Å². The summed E-state index contributed by atoms with van der Waals surface area (Å²) in [6.45, 7) is 1.83. The van der Waals surface area contributed by atoms with Crippen molar-refractivity contribution in [2.75, 3.05) is 5.73 Å². The van der Waals surface area contributed by atoms with Crippen molar-refractivity contribution in [3.05, 3.63) is 28.3 Å². The van der Waals surface area contributed by atoms with Gasteiger partial charge >= 0.3 is 0 Å². The van der Waals surface area contributed by atoms with Crippen molar-refractivity contribution in [3.63, 3.8) is 0 Å². The van der Waals surface area contributed by atoms with Gasteiger partial charge < -0.3 is 5.73 Å². The van der Waals surface area contributed by atoms with E-state index in [1.54, 1.807) is 12.1 Å². The van der Waals surface area contributed by atoms with E-state index in [9.17, 15) is 4.79 Å². The molecule has 0 aliphatic rings. The molecule has 0 spiro atoms. The molecule has 0 bridgehead atoms.